The summed E-state index contributed by atoms with van der Waals surface area (Å²) in [7, 11) is 0. The molecule has 1 N–H and O–H groups in total. The van der Waals surface area contributed by atoms with Crippen LogP contribution in [-0.2, 0) is 5.41 Å². The normalized spacial score (nSPS) is 21.7. The van der Waals surface area contributed by atoms with Gasteiger partial charge in [-0.3, -0.25) is 9.69 Å². The van der Waals surface area contributed by atoms with E-state index in [-0.39, 0.29) is 11.9 Å². The molecule has 0 spiro atoms. The van der Waals surface area contributed by atoms with E-state index in [4.69, 9.17) is 4.74 Å². The SMILES string of the molecule is CC1(C)c2cc(N3CCN(C4CCC4)CC3)c(OC3CCCC3)cc2C(=O)c2c1[nH]c1cc(C#N)ccc21. The first-order valence-corrected chi connectivity index (χ1v) is 14.4. The number of aromatic nitrogens is 1. The third-order valence-corrected chi connectivity index (χ3v) is 9.64. The molecule has 6 heteroatoms. The summed E-state index contributed by atoms with van der Waals surface area (Å²) >= 11 is 0. The molecular formula is C32H36N4O2. The molecule has 3 aliphatic carbocycles. The highest BCUT2D eigenvalue weighted by atomic mass is 16.5. The molecule has 0 bridgehead atoms. The van der Waals surface area contributed by atoms with Crippen molar-refractivity contribution in [1.82, 2.24) is 9.88 Å². The van der Waals surface area contributed by atoms with Crippen LogP contribution in [-0.4, -0.2) is 54.0 Å². The third kappa shape index (κ3) is 3.66. The maximum atomic E-state index is 14.1. The van der Waals surface area contributed by atoms with Crippen LogP contribution in [0, 0.1) is 11.3 Å². The van der Waals surface area contributed by atoms with Crippen molar-refractivity contribution in [2.75, 3.05) is 31.1 Å². The summed E-state index contributed by atoms with van der Waals surface area (Å²) in [5, 5.41) is 10.3. The van der Waals surface area contributed by atoms with E-state index >= 15 is 0 Å². The number of carbonyl (C=O) groups excluding carboxylic acids is 1. The van der Waals surface area contributed by atoms with E-state index in [0.717, 1.165) is 89.8 Å². The first-order chi connectivity index (χ1) is 18.4. The first-order valence-electron chi connectivity index (χ1n) is 14.4. The Bertz CT molecular complexity index is 1460. The number of rotatable bonds is 4. The number of piperazine rings is 1. The molecule has 1 aliphatic heterocycles. The van der Waals surface area contributed by atoms with Crippen molar-refractivity contribution in [3.05, 3.63) is 58.3 Å². The number of nitriles is 1. The van der Waals surface area contributed by atoms with Gasteiger partial charge >= 0.3 is 0 Å². The van der Waals surface area contributed by atoms with E-state index in [1.807, 2.05) is 12.1 Å². The van der Waals surface area contributed by atoms with Crippen molar-refractivity contribution in [3.8, 4) is 11.8 Å². The van der Waals surface area contributed by atoms with Crippen LogP contribution < -0.4 is 9.64 Å². The van der Waals surface area contributed by atoms with Crippen molar-refractivity contribution >= 4 is 22.4 Å². The molecule has 4 aliphatic rings. The monoisotopic (exact) mass is 508 g/mol. The molecule has 2 aromatic carbocycles. The number of H-pyrrole nitrogens is 1. The number of ether oxygens (including phenoxy) is 1. The highest BCUT2D eigenvalue weighted by molar-refractivity contribution is 6.20. The molecule has 196 valence electrons. The fourth-order valence-electron chi connectivity index (χ4n) is 7.12. The number of fused-ring (bicyclic) bond motifs is 4. The molecule has 2 heterocycles. The lowest BCUT2D eigenvalue weighted by atomic mass is 9.71. The van der Waals surface area contributed by atoms with E-state index in [1.54, 1.807) is 6.07 Å². The standard InChI is InChI=1S/C32H36N4O2/c1-32(2)25-18-27(36-14-12-35(13-15-36)21-6-5-7-21)28(38-22-8-3-4-9-22)17-24(25)30(37)29-23-11-10-20(19-33)16-26(23)34-31(29)32/h10-11,16-18,21-22,34H,3-9,12-15H2,1-2H3. The van der Waals surface area contributed by atoms with Gasteiger partial charge in [0.2, 0.25) is 0 Å². The lowest BCUT2D eigenvalue weighted by Crippen LogP contribution is -2.52. The molecular weight excluding hydrogens is 472 g/mol. The maximum Gasteiger partial charge on any atom is 0.195 e. The van der Waals surface area contributed by atoms with Gasteiger partial charge in [0.15, 0.2) is 5.78 Å². The zero-order valence-electron chi connectivity index (χ0n) is 22.5. The summed E-state index contributed by atoms with van der Waals surface area (Å²) in [5.74, 6) is 0.912. The number of hydrogen-bond donors (Lipinski definition) is 1. The Morgan fingerprint density at radius 1 is 1.00 bits per heavy atom. The largest absolute Gasteiger partial charge is 0.488 e. The van der Waals surface area contributed by atoms with Gasteiger partial charge in [0.1, 0.15) is 5.75 Å². The maximum absolute atomic E-state index is 14.1. The summed E-state index contributed by atoms with van der Waals surface area (Å²) in [4.78, 5) is 22.8. The first kappa shape index (κ1) is 23.8. The number of anilines is 1. The van der Waals surface area contributed by atoms with Crippen LogP contribution in [0.1, 0.15) is 91.5 Å². The number of ketones is 1. The second-order valence-corrected chi connectivity index (χ2v) is 12.2. The Balaban J connectivity index is 1.31. The van der Waals surface area contributed by atoms with Crippen molar-refractivity contribution in [1.29, 1.82) is 5.26 Å². The van der Waals surface area contributed by atoms with Gasteiger partial charge in [-0.25, -0.2) is 0 Å². The number of nitrogens with one attached hydrogen (secondary N) is 1. The van der Waals surface area contributed by atoms with E-state index in [0.29, 0.717) is 5.56 Å². The fraction of sp³-hybridized carbons (Fsp3) is 0.500. The Kier molecular flexibility index (Phi) is 5.56. The van der Waals surface area contributed by atoms with Crippen molar-refractivity contribution in [2.24, 2.45) is 0 Å². The molecule has 3 aromatic rings. The molecule has 2 saturated carbocycles. The summed E-state index contributed by atoms with van der Waals surface area (Å²) in [5.41, 5.74) is 5.65. The number of hydrogen-bond acceptors (Lipinski definition) is 5. The Morgan fingerprint density at radius 2 is 1.76 bits per heavy atom. The molecule has 1 saturated heterocycles. The van der Waals surface area contributed by atoms with E-state index in [9.17, 15) is 10.1 Å². The summed E-state index contributed by atoms with van der Waals surface area (Å²) in [6.07, 6.45) is 8.86. The predicted octanol–water partition coefficient (Wildman–Crippen LogP) is 5.91. The molecule has 0 unspecified atom stereocenters. The van der Waals surface area contributed by atoms with Crippen molar-refractivity contribution < 1.29 is 9.53 Å². The number of carbonyl (C=O) groups is 1. The van der Waals surface area contributed by atoms with E-state index in [2.05, 4.69) is 46.8 Å². The van der Waals surface area contributed by atoms with Gasteiger partial charge in [-0.15, -0.1) is 0 Å². The summed E-state index contributed by atoms with van der Waals surface area (Å²) in [6.45, 7) is 8.54. The molecule has 1 aromatic heterocycles. The number of nitrogens with zero attached hydrogens (tertiary/aromatic N) is 3. The fourth-order valence-corrected chi connectivity index (χ4v) is 7.12. The summed E-state index contributed by atoms with van der Waals surface area (Å²) in [6, 6.07) is 12.9. The average molecular weight is 509 g/mol. The minimum absolute atomic E-state index is 0.0444. The van der Waals surface area contributed by atoms with Crippen molar-refractivity contribution in [2.45, 2.75) is 76.4 Å². The molecule has 0 radical (unpaired) electrons. The minimum atomic E-state index is -0.390. The second kappa shape index (κ2) is 8.88. The lowest BCUT2D eigenvalue weighted by molar-refractivity contribution is 0.103. The van der Waals surface area contributed by atoms with Crippen molar-refractivity contribution in [3.63, 3.8) is 0 Å². The highest BCUT2D eigenvalue weighted by Gasteiger charge is 2.41. The van der Waals surface area contributed by atoms with Gasteiger partial charge in [-0.05, 0) is 68.4 Å². The predicted molar refractivity (Wildman–Crippen MR) is 149 cm³/mol. The van der Waals surface area contributed by atoms with Crippen LogP contribution in [0.15, 0.2) is 30.3 Å². The Labute approximate surface area is 224 Å². The highest BCUT2D eigenvalue weighted by Crippen LogP contribution is 2.47. The molecule has 0 atom stereocenters. The minimum Gasteiger partial charge on any atom is -0.488 e. The topological polar surface area (TPSA) is 72.4 Å². The van der Waals surface area contributed by atoms with Gasteiger partial charge in [-0.1, -0.05) is 26.3 Å². The second-order valence-electron chi connectivity index (χ2n) is 12.2. The van der Waals surface area contributed by atoms with E-state index in [1.165, 1.54) is 32.1 Å². The van der Waals surface area contributed by atoms with Gasteiger partial charge in [-0.2, -0.15) is 5.26 Å². The number of aromatic amines is 1. The third-order valence-electron chi connectivity index (χ3n) is 9.64. The average Bonchev–Trinajstić information content (AvgIpc) is 3.54. The zero-order chi connectivity index (χ0) is 26.0. The molecule has 7 rings (SSSR count). The van der Waals surface area contributed by atoms with Crippen LogP contribution in [0.2, 0.25) is 0 Å². The van der Waals surface area contributed by atoms with Crippen LogP contribution in [0.4, 0.5) is 5.69 Å². The van der Waals surface area contributed by atoms with Crippen LogP contribution >= 0.6 is 0 Å². The quantitative estimate of drug-likeness (QED) is 0.475. The van der Waals surface area contributed by atoms with Crippen LogP contribution in [0.5, 0.6) is 5.75 Å². The van der Waals surface area contributed by atoms with E-state index < -0.39 is 5.41 Å². The molecule has 6 nitrogen and oxygen atoms in total. The lowest BCUT2D eigenvalue weighted by Gasteiger charge is -2.44. The van der Waals surface area contributed by atoms with Gasteiger partial charge in [0, 0.05) is 59.8 Å². The van der Waals surface area contributed by atoms with Crippen LogP contribution in [0.25, 0.3) is 10.9 Å². The Morgan fingerprint density at radius 3 is 2.45 bits per heavy atom. The van der Waals surface area contributed by atoms with Gasteiger partial charge in [0.25, 0.3) is 0 Å². The molecule has 3 fully saturated rings. The van der Waals surface area contributed by atoms with Gasteiger partial charge in [0.05, 0.1) is 29.0 Å². The number of benzene rings is 2. The Hall–Kier alpha value is -3.30. The molecule has 0 amide bonds. The summed E-state index contributed by atoms with van der Waals surface area (Å²) < 4.78 is 6.68. The molecule has 38 heavy (non-hydrogen) atoms. The van der Waals surface area contributed by atoms with Gasteiger partial charge < -0.3 is 14.6 Å². The zero-order valence-corrected chi connectivity index (χ0v) is 22.5. The van der Waals surface area contributed by atoms with Crippen LogP contribution in [0.3, 0.4) is 0 Å². The smallest absolute Gasteiger partial charge is 0.195 e.